The molecule has 0 saturated heterocycles. The first-order chi connectivity index (χ1) is 6.79. The van der Waals surface area contributed by atoms with Crippen LogP contribution in [0.15, 0.2) is 6.07 Å². The van der Waals surface area contributed by atoms with Crippen molar-refractivity contribution in [3.8, 4) is 11.8 Å². The number of fused-ring (bicyclic) bond motifs is 1. The smallest absolute Gasteiger partial charge is 0.384 e. The summed E-state index contributed by atoms with van der Waals surface area (Å²) in [6.45, 7) is 0. The minimum atomic E-state index is -0.474. The Kier molecular flexibility index (Phi) is 2.55. The number of hydrogen-bond donors (Lipinski definition) is 0. The number of thiophene rings is 1. The summed E-state index contributed by atoms with van der Waals surface area (Å²) in [6.07, 6.45) is 3.58. The number of carbonyl (C=O) groups is 1. The lowest BCUT2D eigenvalue weighted by Gasteiger charge is -1.84. The highest BCUT2D eigenvalue weighted by Gasteiger charge is 2.13. The van der Waals surface area contributed by atoms with Crippen LogP contribution in [0.5, 0.6) is 0 Å². The van der Waals surface area contributed by atoms with Crippen molar-refractivity contribution in [2.24, 2.45) is 0 Å². The van der Waals surface area contributed by atoms with E-state index < -0.39 is 5.97 Å². The van der Waals surface area contributed by atoms with Gasteiger partial charge in [-0.1, -0.05) is 0 Å². The van der Waals surface area contributed by atoms with Crippen molar-refractivity contribution in [2.75, 3.05) is 7.11 Å². The number of methoxy groups -OCH3 is 1. The SMILES string of the molecule is COC(=O)C#Cc1cc2c(s1)CCC2. The van der Waals surface area contributed by atoms with Crippen molar-refractivity contribution in [1.82, 2.24) is 0 Å². The van der Waals surface area contributed by atoms with Crippen LogP contribution in [0.1, 0.15) is 21.7 Å². The summed E-state index contributed by atoms with van der Waals surface area (Å²) in [5.74, 6) is 4.78. The maximum Gasteiger partial charge on any atom is 0.384 e. The van der Waals surface area contributed by atoms with Crippen LogP contribution in [0, 0.1) is 11.8 Å². The molecule has 0 spiro atoms. The predicted molar refractivity (Wildman–Crippen MR) is 55.2 cm³/mol. The van der Waals surface area contributed by atoms with Gasteiger partial charge in [-0.25, -0.2) is 4.79 Å². The molecule has 0 aliphatic heterocycles. The molecule has 1 aromatic rings. The topological polar surface area (TPSA) is 26.3 Å². The van der Waals surface area contributed by atoms with E-state index >= 15 is 0 Å². The van der Waals surface area contributed by atoms with E-state index in [2.05, 4.69) is 22.6 Å². The maximum atomic E-state index is 10.8. The first kappa shape index (κ1) is 9.29. The maximum absolute atomic E-state index is 10.8. The highest BCUT2D eigenvalue weighted by Crippen LogP contribution is 2.29. The molecule has 2 rings (SSSR count). The molecule has 0 amide bonds. The van der Waals surface area contributed by atoms with Gasteiger partial charge in [-0.15, -0.1) is 11.3 Å². The normalized spacial score (nSPS) is 12.9. The monoisotopic (exact) mass is 206 g/mol. The molecule has 0 aromatic carbocycles. The number of aryl methyl sites for hydroxylation is 2. The Bertz CT molecular complexity index is 399. The van der Waals surface area contributed by atoms with E-state index in [4.69, 9.17) is 0 Å². The minimum Gasteiger partial charge on any atom is -0.459 e. The molecule has 2 nitrogen and oxygen atoms in total. The van der Waals surface area contributed by atoms with Crippen molar-refractivity contribution in [3.05, 3.63) is 21.4 Å². The summed E-state index contributed by atoms with van der Waals surface area (Å²) in [7, 11) is 1.34. The van der Waals surface area contributed by atoms with Gasteiger partial charge in [-0.2, -0.15) is 0 Å². The van der Waals surface area contributed by atoms with E-state index in [1.807, 2.05) is 0 Å². The van der Waals surface area contributed by atoms with Gasteiger partial charge in [0.05, 0.1) is 12.0 Å². The third kappa shape index (κ3) is 1.80. The van der Waals surface area contributed by atoms with Crippen LogP contribution in [-0.4, -0.2) is 13.1 Å². The largest absolute Gasteiger partial charge is 0.459 e. The molecule has 0 saturated carbocycles. The van der Waals surface area contributed by atoms with Crippen molar-refractivity contribution < 1.29 is 9.53 Å². The van der Waals surface area contributed by atoms with Gasteiger partial charge < -0.3 is 4.74 Å². The molecule has 72 valence electrons. The van der Waals surface area contributed by atoms with Gasteiger partial charge >= 0.3 is 5.97 Å². The van der Waals surface area contributed by atoms with Crippen molar-refractivity contribution >= 4 is 17.3 Å². The van der Waals surface area contributed by atoms with Crippen molar-refractivity contribution in [3.63, 3.8) is 0 Å². The molecule has 1 aromatic heterocycles. The zero-order chi connectivity index (χ0) is 9.97. The summed E-state index contributed by atoms with van der Waals surface area (Å²) < 4.78 is 4.44. The standard InChI is InChI=1S/C11H10O2S/c1-13-11(12)6-5-9-7-8-3-2-4-10(8)14-9/h7H,2-4H2,1H3. The Balaban J connectivity index is 2.17. The molecular formula is C11H10O2S. The van der Waals surface area contributed by atoms with Crippen LogP contribution in [0.25, 0.3) is 0 Å². The number of carbonyl (C=O) groups excluding carboxylic acids is 1. The number of hydrogen-bond acceptors (Lipinski definition) is 3. The molecule has 0 N–H and O–H groups in total. The van der Waals surface area contributed by atoms with Crippen LogP contribution in [0.2, 0.25) is 0 Å². The summed E-state index contributed by atoms with van der Waals surface area (Å²) in [4.78, 5) is 13.2. The zero-order valence-corrected chi connectivity index (χ0v) is 8.74. The van der Waals surface area contributed by atoms with Gasteiger partial charge in [-0.3, -0.25) is 0 Å². The Hall–Kier alpha value is -1.27. The third-order valence-electron chi connectivity index (χ3n) is 2.22. The van der Waals surface area contributed by atoms with Crippen LogP contribution in [-0.2, 0) is 22.4 Å². The first-order valence-corrected chi connectivity index (χ1v) is 5.33. The molecule has 0 unspecified atom stereocenters. The second kappa shape index (κ2) is 3.85. The third-order valence-corrected chi connectivity index (χ3v) is 3.37. The van der Waals surface area contributed by atoms with E-state index in [0.29, 0.717) is 0 Å². The summed E-state index contributed by atoms with van der Waals surface area (Å²) in [6, 6.07) is 2.09. The van der Waals surface area contributed by atoms with E-state index in [1.54, 1.807) is 11.3 Å². The van der Waals surface area contributed by atoms with E-state index in [0.717, 1.165) is 11.3 Å². The first-order valence-electron chi connectivity index (χ1n) is 4.51. The molecule has 3 heteroatoms. The van der Waals surface area contributed by atoms with Gasteiger partial charge in [-0.05, 0) is 36.8 Å². The van der Waals surface area contributed by atoms with Crippen LogP contribution >= 0.6 is 11.3 Å². The quantitative estimate of drug-likeness (QED) is 0.477. The second-order valence-electron chi connectivity index (χ2n) is 3.15. The van der Waals surface area contributed by atoms with E-state index in [1.165, 1.54) is 30.4 Å². The van der Waals surface area contributed by atoms with E-state index in [9.17, 15) is 4.79 Å². The Morgan fingerprint density at radius 3 is 3.14 bits per heavy atom. The summed E-state index contributed by atoms with van der Waals surface area (Å²) in [5, 5.41) is 0. The minimum absolute atomic E-state index is 0.474. The number of rotatable bonds is 0. The van der Waals surface area contributed by atoms with Gasteiger partial charge in [0.1, 0.15) is 0 Å². The average Bonchev–Trinajstić information content (AvgIpc) is 2.73. The molecule has 1 aliphatic carbocycles. The Morgan fingerprint density at radius 1 is 1.57 bits per heavy atom. The molecule has 14 heavy (non-hydrogen) atoms. The van der Waals surface area contributed by atoms with Crippen LogP contribution in [0.4, 0.5) is 0 Å². The average molecular weight is 206 g/mol. The summed E-state index contributed by atoms with van der Waals surface area (Å²) >= 11 is 1.69. The second-order valence-corrected chi connectivity index (χ2v) is 4.29. The number of ether oxygens (including phenoxy) is 1. The zero-order valence-electron chi connectivity index (χ0n) is 7.92. The van der Waals surface area contributed by atoms with Gasteiger partial charge in [0.25, 0.3) is 0 Å². The van der Waals surface area contributed by atoms with Crippen LogP contribution < -0.4 is 0 Å². The van der Waals surface area contributed by atoms with Crippen molar-refractivity contribution in [2.45, 2.75) is 19.3 Å². The molecule has 0 bridgehead atoms. The van der Waals surface area contributed by atoms with Gasteiger partial charge in [0.15, 0.2) is 0 Å². The summed E-state index contributed by atoms with van der Waals surface area (Å²) in [5.41, 5.74) is 1.41. The fourth-order valence-electron chi connectivity index (χ4n) is 1.55. The van der Waals surface area contributed by atoms with Crippen LogP contribution in [0.3, 0.4) is 0 Å². The van der Waals surface area contributed by atoms with Gasteiger partial charge in [0, 0.05) is 10.8 Å². The lowest BCUT2D eigenvalue weighted by Crippen LogP contribution is -1.93. The van der Waals surface area contributed by atoms with Gasteiger partial charge in [0.2, 0.25) is 0 Å². The molecular weight excluding hydrogens is 196 g/mol. The van der Waals surface area contributed by atoms with E-state index in [-0.39, 0.29) is 0 Å². The highest BCUT2D eigenvalue weighted by molar-refractivity contribution is 7.12. The lowest BCUT2D eigenvalue weighted by atomic mass is 10.2. The lowest BCUT2D eigenvalue weighted by molar-refractivity contribution is -0.133. The Labute approximate surface area is 86.9 Å². The highest BCUT2D eigenvalue weighted by atomic mass is 32.1. The molecule has 0 radical (unpaired) electrons. The predicted octanol–water partition coefficient (Wildman–Crippen LogP) is 1.76. The molecule has 0 atom stereocenters. The fourth-order valence-corrected chi connectivity index (χ4v) is 2.66. The Morgan fingerprint density at radius 2 is 2.43 bits per heavy atom. The molecule has 1 heterocycles. The number of esters is 1. The van der Waals surface area contributed by atoms with Crippen molar-refractivity contribution in [1.29, 1.82) is 0 Å². The fraction of sp³-hybridized carbons (Fsp3) is 0.364. The molecule has 1 aliphatic rings. The molecule has 0 fully saturated rings.